The van der Waals surface area contributed by atoms with Crippen LogP contribution in [-0.2, 0) is 32.2 Å². The zero-order chi connectivity index (χ0) is 39.4. The summed E-state index contributed by atoms with van der Waals surface area (Å²) in [6, 6.07) is 37.2. The van der Waals surface area contributed by atoms with Crippen molar-refractivity contribution < 1.29 is 37.3 Å². The molecule has 0 aliphatic carbocycles. The Bertz CT molecular complexity index is 2160. The molecule has 0 bridgehead atoms. The lowest BCUT2D eigenvalue weighted by molar-refractivity contribution is -0.253. The Balaban J connectivity index is 1.07. The molecule has 2 aliphatic rings. The summed E-state index contributed by atoms with van der Waals surface area (Å²) in [6.07, 6.45) is -4.96. The van der Waals surface area contributed by atoms with Gasteiger partial charge in [0.05, 0.1) is 18.8 Å². The fourth-order valence-electron chi connectivity index (χ4n) is 7.71. The minimum Gasteiger partial charge on any atom is -0.392 e. The van der Waals surface area contributed by atoms with Crippen LogP contribution in [0.4, 0.5) is 13.2 Å². The van der Waals surface area contributed by atoms with Gasteiger partial charge in [0, 0.05) is 37.7 Å². The molecule has 2 heterocycles. The van der Waals surface area contributed by atoms with Crippen molar-refractivity contribution in [2.24, 2.45) is 0 Å². The van der Waals surface area contributed by atoms with E-state index < -0.39 is 30.3 Å². The molecule has 5 aromatic carbocycles. The number of fused-ring (bicyclic) bond motifs is 1. The first-order valence-corrected chi connectivity index (χ1v) is 19.0. The smallest absolute Gasteiger partial charge is 0.392 e. The van der Waals surface area contributed by atoms with Gasteiger partial charge in [0.2, 0.25) is 5.91 Å². The summed E-state index contributed by atoms with van der Waals surface area (Å²) in [7, 11) is 2.11. The molecule has 0 unspecified atom stereocenters. The Morgan fingerprint density at radius 1 is 0.857 bits per heavy atom. The van der Waals surface area contributed by atoms with Crippen LogP contribution in [0.2, 0.25) is 0 Å². The number of benzene rings is 5. The number of carbonyl (C=O) groups is 2. The number of ether oxygens (including phenoxy) is 2. The molecule has 2 amide bonds. The first-order chi connectivity index (χ1) is 27.0. The molecule has 0 spiro atoms. The van der Waals surface area contributed by atoms with E-state index in [-0.39, 0.29) is 44.4 Å². The van der Waals surface area contributed by atoms with Gasteiger partial charge in [-0.1, -0.05) is 97.1 Å². The Labute approximate surface area is 324 Å². The Kier molecular flexibility index (Phi) is 11.9. The lowest BCUT2D eigenvalue weighted by atomic mass is 9.97. The second kappa shape index (κ2) is 17.0. The van der Waals surface area contributed by atoms with E-state index in [4.69, 9.17) is 9.47 Å². The van der Waals surface area contributed by atoms with Crippen LogP contribution in [0, 0.1) is 0 Å². The van der Waals surface area contributed by atoms with Crippen LogP contribution in [0.1, 0.15) is 72.4 Å². The first-order valence-electron chi connectivity index (χ1n) is 19.0. The molecule has 8 nitrogen and oxygen atoms in total. The van der Waals surface area contributed by atoms with E-state index in [0.29, 0.717) is 24.3 Å². The molecule has 56 heavy (non-hydrogen) atoms. The predicted molar refractivity (Wildman–Crippen MR) is 208 cm³/mol. The number of rotatable bonds is 11. The number of likely N-dealkylation sites (N-methyl/N-ethyl adjacent to an activating group) is 1. The number of aliphatic hydroxyl groups excluding tert-OH is 1. The van der Waals surface area contributed by atoms with Crippen molar-refractivity contribution in [3.8, 4) is 11.1 Å². The summed E-state index contributed by atoms with van der Waals surface area (Å²) in [5.41, 5.74) is 6.41. The number of carbonyl (C=O) groups excluding carboxylic acids is 2. The maximum Gasteiger partial charge on any atom is 0.471 e. The molecule has 2 fully saturated rings. The zero-order valence-corrected chi connectivity index (χ0v) is 31.4. The number of hydrogen-bond acceptors (Lipinski definition) is 6. The minimum atomic E-state index is -5.03. The fourth-order valence-corrected chi connectivity index (χ4v) is 7.71. The molecule has 5 atom stereocenters. The quantitative estimate of drug-likeness (QED) is 0.140. The van der Waals surface area contributed by atoms with Crippen molar-refractivity contribution in [2.45, 2.75) is 76.1 Å². The molecule has 2 aliphatic heterocycles. The van der Waals surface area contributed by atoms with E-state index in [2.05, 4.69) is 60.6 Å². The fraction of sp³-hybridized carbons (Fsp3) is 0.333. The first kappa shape index (κ1) is 39.2. The van der Waals surface area contributed by atoms with E-state index in [1.165, 1.54) is 16.3 Å². The lowest BCUT2D eigenvalue weighted by Gasteiger charge is -2.39. The Hall–Kier alpha value is -5.07. The van der Waals surface area contributed by atoms with Crippen molar-refractivity contribution in [1.82, 2.24) is 15.1 Å². The molecular weight excluding hydrogens is 720 g/mol. The molecule has 5 aromatic rings. The second-order valence-electron chi connectivity index (χ2n) is 14.8. The summed E-state index contributed by atoms with van der Waals surface area (Å²) in [5.74, 6) is -2.59. The van der Waals surface area contributed by atoms with E-state index in [9.17, 15) is 27.9 Å². The van der Waals surface area contributed by atoms with Gasteiger partial charge in [0.25, 0.3) is 0 Å². The SMILES string of the molecule is C[C@H](c1ccc2ccccc2c1)N(C)C[C@@H]1C[C@H](c2ccc(CO)cc2)O[C@H](c2cccc(-c3cccc(CNC(=O)[C@@H]4CCCN4C(=O)C(F)(F)F)c3)c2)O1. The van der Waals surface area contributed by atoms with Crippen LogP contribution in [0.5, 0.6) is 0 Å². The highest BCUT2D eigenvalue weighted by atomic mass is 19.4. The van der Waals surface area contributed by atoms with E-state index >= 15 is 0 Å². The van der Waals surface area contributed by atoms with E-state index in [1.54, 1.807) is 0 Å². The summed E-state index contributed by atoms with van der Waals surface area (Å²) in [6.45, 7) is 2.81. The zero-order valence-electron chi connectivity index (χ0n) is 31.4. The highest BCUT2D eigenvalue weighted by Gasteiger charge is 2.47. The minimum absolute atomic E-state index is 0.0416. The Morgan fingerprint density at radius 3 is 2.34 bits per heavy atom. The standard InChI is InChI=1S/C45H46F3N3O5/c1-29(34-20-19-32-9-3-4-10-36(32)23-34)50(2)27-39-25-41(33-17-15-30(28-52)16-18-33)56-43(55-39)38-13-6-12-37(24-38)35-11-5-8-31(22-35)26-49-42(53)40-14-7-21-51(40)44(54)45(46,47)48/h3-6,8-13,15-20,22-24,29,39-41,43,52H,7,14,21,25-28H2,1-2H3,(H,49,53)/t29-,39+,40+,41-,43-/m1/s1. The van der Waals surface area contributed by atoms with Crippen LogP contribution >= 0.6 is 0 Å². The molecule has 292 valence electrons. The van der Waals surface area contributed by atoms with Gasteiger partial charge in [-0.2, -0.15) is 13.2 Å². The number of nitrogens with zero attached hydrogens (tertiary/aromatic N) is 2. The molecular formula is C45H46F3N3O5. The molecule has 7 rings (SSSR count). The number of hydrogen-bond donors (Lipinski definition) is 2. The maximum absolute atomic E-state index is 13.1. The third-order valence-electron chi connectivity index (χ3n) is 11.0. The van der Waals surface area contributed by atoms with Crippen LogP contribution in [0.15, 0.2) is 115 Å². The largest absolute Gasteiger partial charge is 0.471 e. The van der Waals surface area contributed by atoms with Gasteiger partial charge in [-0.25, -0.2) is 0 Å². The van der Waals surface area contributed by atoms with Crippen LogP contribution < -0.4 is 5.32 Å². The van der Waals surface area contributed by atoms with Crippen LogP contribution in [0.3, 0.4) is 0 Å². The number of nitrogens with one attached hydrogen (secondary N) is 1. The number of amides is 2. The van der Waals surface area contributed by atoms with Gasteiger partial charge in [0.1, 0.15) is 6.04 Å². The Morgan fingerprint density at radius 2 is 1.59 bits per heavy atom. The van der Waals surface area contributed by atoms with Gasteiger partial charge in [-0.05, 0) is 89.2 Å². The number of halogens is 3. The topological polar surface area (TPSA) is 91.3 Å². The summed E-state index contributed by atoms with van der Waals surface area (Å²) < 4.78 is 52.7. The number of likely N-dealkylation sites (tertiary alicyclic amines) is 1. The van der Waals surface area contributed by atoms with Crippen molar-refractivity contribution in [2.75, 3.05) is 20.1 Å². The van der Waals surface area contributed by atoms with E-state index in [1.807, 2.05) is 78.9 Å². The van der Waals surface area contributed by atoms with Crippen molar-refractivity contribution in [3.63, 3.8) is 0 Å². The van der Waals surface area contributed by atoms with Crippen LogP contribution in [0.25, 0.3) is 21.9 Å². The van der Waals surface area contributed by atoms with E-state index in [0.717, 1.165) is 33.4 Å². The highest BCUT2D eigenvalue weighted by Crippen LogP contribution is 2.40. The molecule has 2 N–H and O–H groups in total. The summed E-state index contributed by atoms with van der Waals surface area (Å²) in [4.78, 5) is 27.7. The van der Waals surface area contributed by atoms with Gasteiger partial charge in [-0.15, -0.1) is 0 Å². The van der Waals surface area contributed by atoms with Crippen molar-refractivity contribution in [3.05, 3.63) is 143 Å². The monoisotopic (exact) mass is 765 g/mol. The lowest BCUT2D eigenvalue weighted by Crippen LogP contribution is -2.50. The third-order valence-corrected chi connectivity index (χ3v) is 11.0. The van der Waals surface area contributed by atoms with Crippen LogP contribution in [-0.4, -0.2) is 65.2 Å². The maximum atomic E-state index is 13.1. The normalized spacial score (nSPS) is 20.7. The van der Waals surface area contributed by atoms with Gasteiger partial charge < -0.3 is 24.8 Å². The van der Waals surface area contributed by atoms with Gasteiger partial charge in [0.15, 0.2) is 6.29 Å². The molecule has 2 saturated heterocycles. The second-order valence-corrected chi connectivity index (χ2v) is 14.8. The van der Waals surface area contributed by atoms with Gasteiger partial charge in [-0.3, -0.25) is 14.5 Å². The molecule has 0 aromatic heterocycles. The van der Waals surface area contributed by atoms with Crippen molar-refractivity contribution >= 4 is 22.6 Å². The third kappa shape index (κ3) is 8.97. The summed E-state index contributed by atoms with van der Waals surface area (Å²) in [5, 5.41) is 14.8. The number of aliphatic hydroxyl groups is 1. The highest BCUT2D eigenvalue weighted by molar-refractivity contribution is 5.90. The molecule has 11 heteroatoms. The van der Waals surface area contributed by atoms with Crippen molar-refractivity contribution in [1.29, 1.82) is 0 Å². The molecule has 0 saturated carbocycles. The average molecular weight is 766 g/mol. The predicted octanol–water partition coefficient (Wildman–Crippen LogP) is 8.41. The average Bonchev–Trinajstić information content (AvgIpc) is 3.72. The number of alkyl halides is 3. The van der Waals surface area contributed by atoms with Gasteiger partial charge >= 0.3 is 12.1 Å². The molecule has 0 radical (unpaired) electrons. The summed E-state index contributed by atoms with van der Waals surface area (Å²) >= 11 is 0.